The van der Waals surface area contributed by atoms with Crippen LogP contribution in [0.25, 0.3) is 0 Å². The molecule has 0 spiro atoms. The van der Waals surface area contributed by atoms with Crippen LogP contribution in [0.3, 0.4) is 0 Å². The molecule has 1 atom stereocenters. The van der Waals surface area contributed by atoms with Gasteiger partial charge in [0.15, 0.2) is 0 Å². The number of hydrogen-bond acceptors (Lipinski definition) is 5. The molecule has 1 saturated carbocycles. The predicted molar refractivity (Wildman–Crippen MR) is 122 cm³/mol. The standard InChI is InChI=1S/C24H28N4O4/c1-16-3-5-18(6-4-16)23(19-7-8-19)25-24(30)20-9-10-21(22(15-20)28(31)32)27-13-11-26(12-14-27)17(2)29/h3-6,9-10,15,19,23H,7-8,11-14H2,1-2H3,(H,25,30). The van der Waals surface area contributed by atoms with Gasteiger partial charge < -0.3 is 15.1 Å². The topological polar surface area (TPSA) is 95.8 Å². The number of nitro groups is 1. The van der Waals surface area contributed by atoms with Crippen LogP contribution >= 0.6 is 0 Å². The van der Waals surface area contributed by atoms with Crippen LogP contribution in [0.1, 0.15) is 47.3 Å². The summed E-state index contributed by atoms with van der Waals surface area (Å²) in [6, 6.07) is 12.7. The van der Waals surface area contributed by atoms with E-state index in [1.54, 1.807) is 17.0 Å². The third-order valence-corrected chi connectivity index (χ3v) is 6.32. The van der Waals surface area contributed by atoms with Crippen molar-refractivity contribution in [3.05, 3.63) is 69.3 Å². The molecule has 2 aromatic rings. The van der Waals surface area contributed by atoms with Crippen molar-refractivity contribution in [2.45, 2.75) is 32.7 Å². The number of anilines is 1. The summed E-state index contributed by atoms with van der Waals surface area (Å²) in [6.45, 7) is 5.63. The molecule has 32 heavy (non-hydrogen) atoms. The Kier molecular flexibility index (Phi) is 6.12. The van der Waals surface area contributed by atoms with Gasteiger partial charge in [0, 0.05) is 44.7 Å². The van der Waals surface area contributed by atoms with Gasteiger partial charge >= 0.3 is 0 Å². The fourth-order valence-corrected chi connectivity index (χ4v) is 4.24. The molecule has 2 aliphatic rings. The summed E-state index contributed by atoms with van der Waals surface area (Å²) in [4.78, 5) is 39.5. The molecule has 1 saturated heterocycles. The van der Waals surface area contributed by atoms with Gasteiger partial charge in [0.2, 0.25) is 5.91 Å². The predicted octanol–water partition coefficient (Wildman–Crippen LogP) is 3.45. The largest absolute Gasteiger partial charge is 0.362 e. The van der Waals surface area contributed by atoms with E-state index in [0.717, 1.165) is 24.0 Å². The zero-order valence-corrected chi connectivity index (χ0v) is 18.4. The van der Waals surface area contributed by atoms with Crippen LogP contribution in [0, 0.1) is 23.0 Å². The minimum atomic E-state index is -0.443. The Labute approximate surface area is 187 Å². The van der Waals surface area contributed by atoms with E-state index in [1.807, 2.05) is 36.1 Å². The molecule has 2 amide bonds. The van der Waals surface area contributed by atoms with Crippen LogP contribution in [0.5, 0.6) is 0 Å². The van der Waals surface area contributed by atoms with E-state index in [2.05, 4.69) is 5.32 Å². The van der Waals surface area contributed by atoms with E-state index in [1.165, 1.54) is 13.0 Å². The number of rotatable bonds is 6. The zero-order chi connectivity index (χ0) is 22.8. The highest BCUT2D eigenvalue weighted by Crippen LogP contribution is 2.41. The van der Waals surface area contributed by atoms with Crippen LogP contribution in [0.15, 0.2) is 42.5 Å². The lowest BCUT2D eigenvalue weighted by Gasteiger charge is -2.35. The third-order valence-electron chi connectivity index (χ3n) is 6.32. The lowest BCUT2D eigenvalue weighted by Crippen LogP contribution is -2.48. The van der Waals surface area contributed by atoms with Gasteiger partial charge in [-0.15, -0.1) is 0 Å². The monoisotopic (exact) mass is 436 g/mol. The summed E-state index contributed by atoms with van der Waals surface area (Å²) in [7, 11) is 0. The number of nitrogens with zero attached hydrogens (tertiary/aromatic N) is 3. The number of aryl methyl sites for hydroxylation is 1. The van der Waals surface area contributed by atoms with Gasteiger partial charge in [-0.3, -0.25) is 19.7 Å². The highest BCUT2D eigenvalue weighted by Gasteiger charge is 2.34. The Bertz CT molecular complexity index is 1020. The number of benzene rings is 2. The Hall–Kier alpha value is -3.42. The average molecular weight is 437 g/mol. The van der Waals surface area contributed by atoms with Crippen LogP contribution in [0.2, 0.25) is 0 Å². The van der Waals surface area contributed by atoms with Gasteiger partial charge in [0.1, 0.15) is 5.69 Å². The molecule has 1 heterocycles. The number of carbonyl (C=O) groups is 2. The van der Waals surface area contributed by atoms with E-state index in [-0.39, 0.29) is 29.1 Å². The molecule has 8 heteroatoms. The maximum Gasteiger partial charge on any atom is 0.293 e. The van der Waals surface area contributed by atoms with Crippen molar-refractivity contribution < 1.29 is 14.5 Å². The summed E-state index contributed by atoms with van der Waals surface area (Å²) < 4.78 is 0. The van der Waals surface area contributed by atoms with E-state index >= 15 is 0 Å². The average Bonchev–Trinajstić information content (AvgIpc) is 3.63. The van der Waals surface area contributed by atoms with Crippen LogP contribution in [-0.4, -0.2) is 47.8 Å². The maximum atomic E-state index is 13.0. The second kappa shape index (κ2) is 8.98. The van der Waals surface area contributed by atoms with Crippen molar-refractivity contribution in [3.63, 3.8) is 0 Å². The molecular weight excluding hydrogens is 408 g/mol. The zero-order valence-electron chi connectivity index (χ0n) is 18.4. The molecule has 0 bridgehead atoms. The van der Waals surface area contributed by atoms with Gasteiger partial charge in [-0.05, 0) is 43.4 Å². The van der Waals surface area contributed by atoms with E-state index < -0.39 is 4.92 Å². The number of hydrogen-bond donors (Lipinski definition) is 1. The molecule has 2 aromatic carbocycles. The summed E-state index contributed by atoms with van der Waals surface area (Å²) in [5.41, 5.74) is 2.88. The Morgan fingerprint density at radius 1 is 1.06 bits per heavy atom. The highest BCUT2D eigenvalue weighted by atomic mass is 16.6. The van der Waals surface area contributed by atoms with Gasteiger partial charge in [-0.2, -0.15) is 0 Å². The van der Waals surface area contributed by atoms with Crippen molar-refractivity contribution in [3.8, 4) is 0 Å². The Morgan fingerprint density at radius 2 is 1.72 bits per heavy atom. The van der Waals surface area contributed by atoms with E-state index in [4.69, 9.17) is 0 Å². The first-order valence-electron chi connectivity index (χ1n) is 11.0. The Balaban J connectivity index is 1.53. The second-order valence-electron chi connectivity index (χ2n) is 8.65. The van der Waals surface area contributed by atoms with Crippen molar-refractivity contribution in [2.75, 3.05) is 31.1 Å². The van der Waals surface area contributed by atoms with Crippen LogP contribution < -0.4 is 10.2 Å². The highest BCUT2D eigenvalue weighted by molar-refractivity contribution is 5.96. The van der Waals surface area contributed by atoms with Gasteiger partial charge in [0.25, 0.3) is 11.6 Å². The number of carbonyl (C=O) groups excluding carboxylic acids is 2. The molecule has 0 aromatic heterocycles. The van der Waals surface area contributed by atoms with E-state index in [9.17, 15) is 19.7 Å². The normalized spacial score (nSPS) is 17.1. The maximum absolute atomic E-state index is 13.0. The van der Waals surface area contributed by atoms with Gasteiger partial charge in [-0.25, -0.2) is 0 Å². The quantitative estimate of drug-likeness (QED) is 0.553. The summed E-state index contributed by atoms with van der Waals surface area (Å²) >= 11 is 0. The van der Waals surface area contributed by atoms with Gasteiger partial charge in [0.05, 0.1) is 11.0 Å². The molecule has 1 N–H and O–H groups in total. The van der Waals surface area contributed by atoms with Crippen molar-refractivity contribution in [1.29, 1.82) is 0 Å². The first kappa shape index (κ1) is 21.8. The van der Waals surface area contributed by atoms with E-state index in [0.29, 0.717) is 37.8 Å². The SMILES string of the molecule is CC(=O)N1CCN(c2ccc(C(=O)NC(c3ccc(C)cc3)C3CC3)cc2[N+](=O)[O-])CC1. The first-order valence-corrected chi connectivity index (χ1v) is 11.0. The fraction of sp³-hybridized carbons (Fsp3) is 0.417. The summed E-state index contributed by atoms with van der Waals surface area (Å²) in [5.74, 6) is 0.0944. The second-order valence-corrected chi connectivity index (χ2v) is 8.65. The lowest BCUT2D eigenvalue weighted by molar-refractivity contribution is -0.384. The molecule has 0 radical (unpaired) electrons. The smallest absolute Gasteiger partial charge is 0.293 e. The molecule has 1 aliphatic carbocycles. The number of nitrogens with one attached hydrogen (secondary N) is 1. The molecule has 2 fully saturated rings. The van der Waals surface area contributed by atoms with Crippen LogP contribution in [0.4, 0.5) is 11.4 Å². The van der Waals surface area contributed by atoms with Gasteiger partial charge in [-0.1, -0.05) is 29.8 Å². The number of amides is 2. The molecule has 4 rings (SSSR count). The third kappa shape index (κ3) is 4.74. The number of piperazine rings is 1. The first-order chi connectivity index (χ1) is 15.3. The fourth-order valence-electron chi connectivity index (χ4n) is 4.24. The molecule has 8 nitrogen and oxygen atoms in total. The van der Waals surface area contributed by atoms with Crippen LogP contribution in [-0.2, 0) is 4.79 Å². The lowest BCUT2D eigenvalue weighted by atomic mass is 10.0. The Morgan fingerprint density at radius 3 is 2.28 bits per heavy atom. The summed E-state index contributed by atoms with van der Waals surface area (Å²) in [5, 5.41) is 14.9. The summed E-state index contributed by atoms with van der Waals surface area (Å²) in [6.07, 6.45) is 2.12. The molecular formula is C24H28N4O4. The molecule has 168 valence electrons. The minimum absolute atomic E-state index is 0.00459. The number of nitro benzene ring substituents is 1. The van der Waals surface area contributed by atoms with Crippen molar-refractivity contribution in [1.82, 2.24) is 10.2 Å². The molecule has 1 aliphatic heterocycles. The molecule has 1 unspecified atom stereocenters. The van der Waals surface area contributed by atoms with Crippen molar-refractivity contribution in [2.24, 2.45) is 5.92 Å². The van der Waals surface area contributed by atoms with Crippen molar-refractivity contribution >= 4 is 23.2 Å². The minimum Gasteiger partial charge on any atom is -0.362 e.